The topological polar surface area (TPSA) is 61.8 Å². The minimum Gasteiger partial charge on any atom is -0.466 e. The van der Waals surface area contributed by atoms with Gasteiger partial charge in [-0.25, -0.2) is 0 Å². The van der Waals surface area contributed by atoms with Gasteiger partial charge in [0, 0.05) is 19.6 Å². The highest BCUT2D eigenvalue weighted by Gasteiger charge is 2.20. The van der Waals surface area contributed by atoms with Crippen LogP contribution in [0.1, 0.15) is 20.3 Å². The molecule has 0 aromatic carbocycles. The molecule has 0 bridgehead atoms. The standard InChI is InChI=1S/C11H24N2O3/c1-5-16-10(14)6-7-12-8-11(2,15)9-13(3)4/h12,15H,5-9H2,1-4H3. The van der Waals surface area contributed by atoms with Gasteiger partial charge in [0.15, 0.2) is 0 Å². The molecular weight excluding hydrogens is 208 g/mol. The van der Waals surface area contributed by atoms with Gasteiger partial charge in [-0.05, 0) is 27.9 Å². The number of ether oxygens (including phenoxy) is 1. The Morgan fingerprint density at radius 3 is 2.62 bits per heavy atom. The highest BCUT2D eigenvalue weighted by Crippen LogP contribution is 2.02. The van der Waals surface area contributed by atoms with Gasteiger partial charge in [-0.15, -0.1) is 0 Å². The molecule has 5 nitrogen and oxygen atoms in total. The largest absolute Gasteiger partial charge is 0.466 e. The predicted octanol–water partition coefficient (Wildman–Crippen LogP) is -0.158. The second-order valence-corrected chi connectivity index (χ2v) is 4.47. The Morgan fingerprint density at radius 1 is 1.50 bits per heavy atom. The first-order chi connectivity index (χ1) is 7.37. The molecule has 96 valence electrons. The van der Waals surface area contributed by atoms with E-state index in [1.165, 1.54) is 0 Å². The van der Waals surface area contributed by atoms with Crippen molar-refractivity contribution in [3.05, 3.63) is 0 Å². The molecule has 1 atom stereocenters. The summed E-state index contributed by atoms with van der Waals surface area (Å²) >= 11 is 0. The molecule has 0 radical (unpaired) electrons. The lowest BCUT2D eigenvalue weighted by Gasteiger charge is -2.27. The lowest BCUT2D eigenvalue weighted by molar-refractivity contribution is -0.143. The van der Waals surface area contributed by atoms with Crippen LogP contribution in [0.3, 0.4) is 0 Å². The van der Waals surface area contributed by atoms with Gasteiger partial charge in [-0.2, -0.15) is 0 Å². The maximum absolute atomic E-state index is 11.0. The van der Waals surface area contributed by atoms with Crippen molar-refractivity contribution in [2.24, 2.45) is 0 Å². The molecule has 0 saturated carbocycles. The molecular formula is C11H24N2O3. The molecule has 0 heterocycles. The third-order valence-electron chi connectivity index (χ3n) is 1.97. The summed E-state index contributed by atoms with van der Waals surface area (Å²) in [7, 11) is 3.82. The second-order valence-electron chi connectivity index (χ2n) is 4.47. The summed E-state index contributed by atoms with van der Waals surface area (Å²) in [6, 6.07) is 0. The minimum absolute atomic E-state index is 0.206. The Bertz CT molecular complexity index is 205. The average Bonchev–Trinajstić information content (AvgIpc) is 2.11. The maximum Gasteiger partial charge on any atom is 0.307 e. The van der Waals surface area contributed by atoms with Crippen molar-refractivity contribution in [2.75, 3.05) is 40.3 Å². The van der Waals surface area contributed by atoms with E-state index >= 15 is 0 Å². The summed E-state index contributed by atoms with van der Waals surface area (Å²) in [5, 5.41) is 13.0. The van der Waals surface area contributed by atoms with Crippen LogP contribution in [0.25, 0.3) is 0 Å². The number of rotatable bonds is 8. The van der Waals surface area contributed by atoms with E-state index in [4.69, 9.17) is 4.74 Å². The highest BCUT2D eigenvalue weighted by molar-refractivity contribution is 5.69. The monoisotopic (exact) mass is 232 g/mol. The molecule has 0 fully saturated rings. The lowest BCUT2D eigenvalue weighted by atomic mass is 10.1. The first kappa shape index (κ1) is 15.3. The van der Waals surface area contributed by atoms with Crippen molar-refractivity contribution in [2.45, 2.75) is 25.9 Å². The normalized spacial score (nSPS) is 14.9. The van der Waals surface area contributed by atoms with Crippen molar-refractivity contribution in [3.63, 3.8) is 0 Å². The quantitative estimate of drug-likeness (QED) is 0.450. The molecule has 1 unspecified atom stereocenters. The molecule has 0 aliphatic carbocycles. The number of nitrogens with zero attached hydrogens (tertiary/aromatic N) is 1. The van der Waals surface area contributed by atoms with Crippen LogP contribution in [-0.2, 0) is 9.53 Å². The van der Waals surface area contributed by atoms with E-state index in [1.54, 1.807) is 13.8 Å². The third kappa shape index (κ3) is 8.64. The number of esters is 1. The molecule has 0 aliphatic rings. The fourth-order valence-electron chi connectivity index (χ4n) is 1.52. The summed E-state index contributed by atoms with van der Waals surface area (Å²) in [4.78, 5) is 12.9. The van der Waals surface area contributed by atoms with Crippen LogP contribution in [0.2, 0.25) is 0 Å². The summed E-state index contributed by atoms with van der Waals surface area (Å²) in [6.07, 6.45) is 0.339. The first-order valence-electron chi connectivity index (χ1n) is 5.61. The number of carbonyl (C=O) groups is 1. The summed E-state index contributed by atoms with van der Waals surface area (Å²) in [6.45, 7) is 5.54. The molecule has 0 aromatic rings. The molecule has 0 rings (SSSR count). The molecule has 0 spiro atoms. The fourth-order valence-corrected chi connectivity index (χ4v) is 1.52. The zero-order chi connectivity index (χ0) is 12.6. The lowest BCUT2D eigenvalue weighted by Crippen LogP contribution is -2.45. The number of hydrogen-bond acceptors (Lipinski definition) is 5. The maximum atomic E-state index is 11.0. The van der Waals surface area contributed by atoms with Gasteiger partial charge in [0.05, 0.1) is 18.6 Å². The van der Waals surface area contributed by atoms with E-state index in [2.05, 4.69) is 5.32 Å². The molecule has 0 aromatic heterocycles. The van der Waals surface area contributed by atoms with E-state index in [0.717, 1.165) is 0 Å². The highest BCUT2D eigenvalue weighted by atomic mass is 16.5. The smallest absolute Gasteiger partial charge is 0.307 e. The fraction of sp³-hybridized carbons (Fsp3) is 0.909. The molecule has 2 N–H and O–H groups in total. The van der Waals surface area contributed by atoms with Crippen LogP contribution in [0.4, 0.5) is 0 Å². The molecule has 5 heteroatoms. The van der Waals surface area contributed by atoms with Gasteiger partial charge in [0.25, 0.3) is 0 Å². The van der Waals surface area contributed by atoms with Crippen LogP contribution in [-0.4, -0.2) is 61.9 Å². The zero-order valence-corrected chi connectivity index (χ0v) is 10.7. The van der Waals surface area contributed by atoms with Gasteiger partial charge in [0.1, 0.15) is 0 Å². The number of aliphatic hydroxyl groups is 1. The minimum atomic E-state index is -0.780. The number of carbonyl (C=O) groups excluding carboxylic acids is 1. The van der Waals surface area contributed by atoms with Crippen LogP contribution in [0, 0.1) is 0 Å². The van der Waals surface area contributed by atoms with Crippen LogP contribution in [0.15, 0.2) is 0 Å². The van der Waals surface area contributed by atoms with Gasteiger partial charge in [-0.3, -0.25) is 4.79 Å². The van der Waals surface area contributed by atoms with Crippen LogP contribution < -0.4 is 5.32 Å². The van der Waals surface area contributed by atoms with Crippen molar-refractivity contribution >= 4 is 5.97 Å². The van der Waals surface area contributed by atoms with E-state index < -0.39 is 5.60 Å². The van der Waals surface area contributed by atoms with Crippen LogP contribution in [0.5, 0.6) is 0 Å². The van der Waals surface area contributed by atoms with Crippen molar-refractivity contribution < 1.29 is 14.6 Å². The summed E-state index contributed by atoms with van der Waals surface area (Å²) < 4.78 is 4.79. The Balaban J connectivity index is 3.61. The van der Waals surface area contributed by atoms with Gasteiger partial charge < -0.3 is 20.1 Å². The molecule has 0 amide bonds. The van der Waals surface area contributed by atoms with Gasteiger partial charge in [-0.1, -0.05) is 0 Å². The van der Waals surface area contributed by atoms with Crippen molar-refractivity contribution in [1.29, 1.82) is 0 Å². The Morgan fingerprint density at radius 2 is 2.12 bits per heavy atom. The zero-order valence-electron chi connectivity index (χ0n) is 10.7. The molecule has 16 heavy (non-hydrogen) atoms. The van der Waals surface area contributed by atoms with E-state index in [0.29, 0.717) is 32.7 Å². The predicted molar refractivity (Wildman–Crippen MR) is 63.3 cm³/mol. The number of hydrogen-bond donors (Lipinski definition) is 2. The summed E-state index contributed by atoms with van der Waals surface area (Å²) in [5.74, 6) is -0.206. The Hall–Kier alpha value is -0.650. The Labute approximate surface area is 97.8 Å². The third-order valence-corrected chi connectivity index (χ3v) is 1.97. The van der Waals surface area contributed by atoms with Crippen LogP contribution >= 0.6 is 0 Å². The second kappa shape index (κ2) is 7.60. The van der Waals surface area contributed by atoms with Gasteiger partial charge in [0.2, 0.25) is 0 Å². The average molecular weight is 232 g/mol. The van der Waals surface area contributed by atoms with Crippen molar-refractivity contribution in [1.82, 2.24) is 10.2 Å². The molecule has 0 aliphatic heterocycles. The summed E-state index contributed by atoms with van der Waals surface area (Å²) in [5.41, 5.74) is -0.780. The first-order valence-corrected chi connectivity index (χ1v) is 5.61. The number of nitrogens with one attached hydrogen (secondary N) is 1. The van der Waals surface area contributed by atoms with Crippen molar-refractivity contribution in [3.8, 4) is 0 Å². The Kier molecular flexibility index (Phi) is 7.29. The van der Waals surface area contributed by atoms with E-state index in [-0.39, 0.29) is 5.97 Å². The number of likely N-dealkylation sites (N-methyl/N-ethyl adjacent to an activating group) is 1. The van der Waals surface area contributed by atoms with E-state index in [1.807, 2.05) is 19.0 Å². The van der Waals surface area contributed by atoms with Gasteiger partial charge >= 0.3 is 5.97 Å². The van der Waals surface area contributed by atoms with E-state index in [9.17, 15) is 9.90 Å². The molecule has 0 saturated heterocycles. The SMILES string of the molecule is CCOC(=O)CCNCC(C)(O)CN(C)C.